The third-order valence-electron chi connectivity index (χ3n) is 5.89. The number of fused-ring (bicyclic) bond motifs is 1. The van der Waals surface area contributed by atoms with Crippen molar-refractivity contribution in [3.05, 3.63) is 36.2 Å². The predicted molar refractivity (Wildman–Crippen MR) is 122 cm³/mol. The number of ether oxygens (including phenoxy) is 4. The van der Waals surface area contributed by atoms with Crippen LogP contribution in [-0.2, 0) is 0 Å². The van der Waals surface area contributed by atoms with E-state index in [2.05, 4.69) is 15.3 Å². The van der Waals surface area contributed by atoms with Crippen LogP contribution in [0.2, 0.25) is 0 Å². The van der Waals surface area contributed by atoms with Crippen LogP contribution in [0, 0.1) is 5.92 Å². The van der Waals surface area contributed by atoms with Crippen LogP contribution in [0.3, 0.4) is 0 Å². The Morgan fingerprint density at radius 3 is 2.56 bits per heavy atom. The molecule has 4 rings (SSSR count). The maximum absolute atomic E-state index is 13.0. The fourth-order valence-electron chi connectivity index (χ4n) is 4.20. The summed E-state index contributed by atoms with van der Waals surface area (Å²) in [5.74, 6) is 2.75. The minimum absolute atomic E-state index is 0.341. The summed E-state index contributed by atoms with van der Waals surface area (Å²) >= 11 is 0. The van der Waals surface area contributed by atoms with Gasteiger partial charge in [-0.1, -0.05) is 19.3 Å². The highest BCUT2D eigenvalue weighted by Gasteiger charge is 2.21. The lowest BCUT2D eigenvalue weighted by Crippen LogP contribution is -2.18. The first-order chi connectivity index (χ1) is 15.6. The van der Waals surface area contributed by atoms with E-state index in [4.69, 9.17) is 18.9 Å². The summed E-state index contributed by atoms with van der Waals surface area (Å²) in [6.07, 6.45) is 7.81. The molecule has 0 atom stereocenters. The maximum atomic E-state index is 13.0. The van der Waals surface area contributed by atoms with Gasteiger partial charge in [0.15, 0.2) is 23.1 Å². The van der Waals surface area contributed by atoms with E-state index in [1.165, 1.54) is 32.1 Å². The largest absolute Gasteiger partial charge is 0.496 e. The number of carbonyl (C=O) groups excluding carboxylic acids is 1. The maximum Gasteiger partial charge on any atom is 0.273 e. The smallest absolute Gasteiger partial charge is 0.273 e. The quantitative estimate of drug-likeness (QED) is 0.524. The molecule has 0 saturated heterocycles. The lowest BCUT2D eigenvalue weighted by molar-refractivity contribution is 0.102. The molecule has 2 aromatic heterocycles. The number of methoxy groups -OCH3 is 3. The molecule has 32 heavy (non-hydrogen) atoms. The lowest BCUT2D eigenvalue weighted by atomic mass is 9.90. The number of benzene rings is 1. The Morgan fingerprint density at radius 2 is 1.84 bits per heavy atom. The molecule has 2 N–H and O–H groups in total. The van der Waals surface area contributed by atoms with Gasteiger partial charge in [0.05, 0.1) is 33.5 Å². The van der Waals surface area contributed by atoms with Crippen molar-refractivity contribution >= 4 is 22.6 Å². The van der Waals surface area contributed by atoms with E-state index in [-0.39, 0.29) is 5.91 Å². The zero-order valence-corrected chi connectivity index (χ0v) is 18.7. The Hall–Kier alpha value is -3.42. The summed E-state index contributed by atoms with van der Waals surface area (Å²) < 4.78 is 22.4. The average molecular weight is 440 g/mol. The van der Waals surface area contributed by atoms with Crippen LogP contribution < -0.4 is 24.3 Å². The minimum Gasteiger partial charge on any atom is -0.496 e. The Balaban J connectivity index is 1.56. The molecule has 0 spiro atoms. The van der Waals surface area contributed by atoms with Crippen molar-refractivity contribution in [2.75, 3.05) is 33.3 Å². The second kappa shape index (κ2) is 9.80. The number of hydrogen-bond acceptors (Lipinski definition) is 6. The standard InChI is InChI=1S/C24H29N3O5/c1-29-19-13-20(30-2)22(31-3)21-16(19)12-17(26-21)24(28)27-23-18(10-7-11-25-23)32-14-15-8-5-4-6-9-15/h7,10-13,15,26H,4-6,8-9,14H2,1-3H3,(H,25,27,28). The van der Waals surface area contributed by atoms with Gasteiger partial charge in [-0.15, -0.1) is 0 Å². The molecular formula is C24H29N3O5. The van der Waals surface area contributed by atoms with Gasteiger partial charge in [0.25, 0.3) is 5.91 Å². The Morgan fingerprint density at radius 1 is 1.06 bits per heavy atom. The molecule has 1 amide bonds. The Labute approximate surface area is 187 Å². The van der Waals surface area contributed by atoms with E-state index >= 15 is 0 Å². The molecule has 8 nitrogen and oxygen atoms in total. The zero-order chi connectivity index (χ0) is 22.5. The molecule has 0 bridgehead atoms. The lowest BCUT2D eigenvalue weighted by Gasteiger charge is -2.22. The van der Waals surface area contributed by atoms with E-state index in [1.54, 1.807) is 45.7 Å². The molecule has 0 radical (unpaired) electrons. The topological polar surface area (TPSA) is 94.7 Å². The van der Waals surface area contributed by atoms with E-state index in [1.807, 2.05) is 6.07 Å². The minimum atomic E-state index is -0.342. The van der Waals surface area contributed by atoms with Crippen molar-refractivity contribution in [3.63, 3.8) is 0 Å². The van der Waals surface area contributed by atoms with Gasteiger partial charge in [0, 0.05) is 17.6 Å². The average Bonchev–Trinajstić information content (AvgIpc) is 3.28. The predicted octanol–water partition coefficient (Wildman–Crippen LogP) is 4.80. The Kier molecular flexibility index (Phi) is 6.68. The summed E-state index contributed by atoms with van der Waals surface area (Å²) in [4.78, 5) is 20.5. The Bertz CT molecular complexity index is 1090. The molecule has 1 aliphatic carbocycles. The van der Waals surface area contributed by atoms with Crippen molar-refractivity contribution in [2.24, 2.45) is 5.92 Å². The number of aromatic nitrogens is 2. The van der Waals surface area contributed by atoms with Gasteiger partial charge in [-0.05, 0) is 37.0 Å². The number of amides is 1. The molecule has 1 saturated carbocycles. The summed E-state index contributed by atoms with van der Waals surface area (Å²) in [5.41, 5.74) is 0.956. The van der Waals surface area contributed by atoms with Crippen LogP contribution in [-0.4, -0.2) is 43.8 Å². The fraction of sp³-hybridized carbons (Fsp3) is 0.417. The number of nitrogens with one attached hydrogen (secondary N) is 2. The van der Waals surface area contributed by atoms with Gasteiger partial charge in [-0.2, -0.15) is 0 Å². The van der Waals surface area contributed by atoms with Gasteiger partial charge in [-0.3, -0.25) is 4.79 Å². The van der Waals surface area contributed by atoms with Crippen molar-refractivity contribution in [2.45, 2.75) is 32.1 Å². The van der Waals surface area contributed by atoms with Gasteiger partial charge in [0.1, 0.15) is 11.4 Å². The van der Waals surface area contributed by atoms with Crippen molar-refractivity contribution in [3.8, 4) is 23.0 Å². The molecule has 0 unspecified atom stereocenters. The third kappa shape index (κ3) is 4.44. The van der Waals surface area contributed by atoms with Crippen LogP contribution in [0.4, 0.5) is 5.82 Å². The SMILES string of the molecule is COc1cc(OC)c2cc(C(=O)Nc3ncccc3OCC3CCCCC3)[nH]c2c1OC. The number of rotatable bonds is 8. The van der Waals surface area contributed by atoms with Gasteiger partial charge < -0.3 is 29.2 Å². The van der Waals surface area contributed by atoms with Gasteiger partial charge in [-0.25, -0.2) is 4.98 Å². The number of aromatic amines is 1. The molecule has 1 fully saturated rings. The summed E-state index contributed by atoms with van der Waals surface area (Å²) in [6.45, 7) is 0.634. The summed E-state index contributed by atoms with van der Waals surface area (Å²) in [5, 5.41) is 3.57. The second-order valence-corrected chi connectivity index (χ2v) is 7.91. The second-order valence-electron chi connectivity index (χ2n) is 7.91. The van der Waals surface area contributed by atoms with Gasteiger partial charge in [0.2, 0.25) is 0 Å². The normalized spacial score (nSPS) is 14.2. The fourth-order valence-corrected chi connectivity index (χ4v) is 4.20. The highest BCUT2D eigenvalue weighted by atomic mass is 16.5. The van der Waals surface area contributed by atoms with E-state index in [0.29, 0.717) is 57.9 Å². The van der Waals surface area contributed by atoms with Crippen LogP contribution in [0.1, 0.15) is 42.6 Å². The molecule has 1 aromatic carbocycles. The highest BCUT2D eigenvalue weighted by molar-refractivity contribution is 6.08. The first-order valence-electron chi connectivity index (χ1n) is 10.9. The van der Waals surface area contributed by atoms with Crippen molar-refractivity contribution in [1.29, 1.82) is 0 Å². The highest BCUT2D eigenvalue weighted by Crippen LogP contribution is 2.41. The molecule has 2 heterocycles. The molecule has 170 valence electrons. The number of carbonyl (C=O) groups is 1. The molecule has 3 aromatic rings. The van der Waals surface area contributed by atoms with Crippen molar-refractivity contribution in [1.82, 2.24) is 9.97 Å². The van der Waals surface area contributed by atoms with Gasteiger partial charge >= 0.3 is 0 Å². The third-order valence-corrected chi connectivity index (χ3v) is 5.89. The summed E-state index contributed by atoms with van der Waals surface area (Å²) in [6, 6.07) is 7.08. The molecular weight excluding hydrogens is 410 g/mol. The van der Waals surface area contributed by atoms with Crippen molar-refractivity contribution < 1.29 is 23.7 Å². The first-order valence-corrected chi connectivity index (χ1v) is 10.9. The van der Waals surface area contributed by atoms with E-state index < -0.39 is 0 Å². The molecule has 8 heteroatoms. The number of hydrogen-bond donors (Lipinski definition) is 2. The summed E-state index contributed by atoms with van der Waals surface area (Å²) in [7, 11) is 4.67. The van der Waals surface area contributed by atoms with Crippen LogP contribution in [0.5, 0.6) is 23.0 Å². The monoisotopic (exact) mass is 439 g/mol. The zero-order valence-electron chi connectivity index (χ0n) is 18.7. The number of nitrogens with zero attached hydrogens (tertiary/aromatic N) is 1. The molecule has 0 aliphatic heterocycles. The molecule has 1 aliphatic rings. The first kappa shape index (κ1) is 21.8. The number of H-pyrrole nitrogens is 1. The van der Waals surface area contributed by atoms with E-state index in [0.717, 1.165) is 0 Å². The van der Waals surface area contributed by atoms with Crippen LogP contribution in [0.15, 0.2) is 30.5 Å². The number of anilines is 1. The number of pyridine rings is 1. The van der Waals surface area contributed by atoms with Crippen LogP contribution >= 0.6 is 0 Å². The van der Waals surface area contributed by atoms with E-state index in [9.17, 15) is 4.79 Å². The van der Waals surface area contributed by atoms with Crippen LogP contribution in [0.25, 0.3) is 10.9 Å².